The van der Waals surface area contributed by atoms with Crippen LogP contribution in [0, 0.1) is 18.8 Å². The topological polar surface area (TPSA) is 136 Å². The summed E-state index contributed by atoms with van der Waals surface area (Å²) in [5.41, 5.74) is 0.909. The summed E-state index contributed by atoms with van der Waals surface area (Å²) in [7, 11) is 0. The van der Waals surface area contributed by atoms with Crippen molar-refractivity contribution in [3.63, 3.8) is 0 Å². The van der Waals surface area contributed by atoms with Crippen LogP contribution in [0.15, 0.2) is 18.5 Å². The van der Waals surface area contributed by atoms with Crippen LogP contribution in [0.4, 0.5) is 11.8 Å². The molecule has 0 aromatic carbocycles. The zero-order valence-electron chi connectivity index (χ0n) is 19.0. The monoisotopic (exact) mass is 470 g/mol. The highest BCUT2D eigenvalue weighted by Gasteiger charge is 2.50. The maximum Gasteiger partial charge on any atom is 0.225 e. The molecular weight excluding hydrogens is 440 g/mol. The predicted octanol–water partition coefficient (Wildman–Crippen LogP) is 2.57. The summed E-state index contributed by atoms with van der Waals surface area (Å²) in [4.78, 5) is 18.4. The van der Waals surface area contributed by atoms with E-state index < -0.39 is 23.7 Å². The van der Waals surface area contributed by atoms with Gasteiger partial charge in [-0.2, -0.15) is 4.98 Å². The standard InChI is InChI=1S/C23H30N6O3S/c1-11(13-4-5-13)25-22-26-12(2)18(21-27-15-9-24-7-6-16(15)33-21)20(29-22)28-17-8-14(10-30)19(31)23(17,3)32/h6-7,9,11,13-14,17,19,30-32H,4-5,8,10H2,1-3H3,(H2,25,26,28,29). The Morgan fingerprint density at radius 3 is 2.73 bits per heavy atom. The molecule has 0 amide bonds. The van der Waals surface area contributed by atoms with Crippen molar-refractivity contribution in [2.75, 3.05) is 17.2 Å². The second-order valence-electron chi connectivity index (χ2n) is 9.54. The highest BCUT2D eigenvalue weighted by Crippen LogP contribution is 2.41. The van der Waals surface area contributed by atoms with E-state index in [9.17, 15) is 15.3 Å². The molecule has 2 saturated carbocycles. The van der Waals surface area contributed by atoms with Crippen LogP contribution in [0.3, 0.4) is 0 Å². The van der Waals surface area contributed by atoms with Crippen molar-refractivity contribution < 1.29 is 15.3 Å². The minimum absolute atomic E-state index is 0.193. The lowest BCUT2D eigenvalue weighted by molar-refractivity contribution is -0.0647. The molecule has 0 spiro atoms. The van der Waals surface area contributed by atoms with Crippen LogP contribution >= 0.6 is 11.3 Å². The van der Waals surface area contributed by atoms with Crippen molar-refractivity contribution in [1.82, 2.24) is 19.9 Å². The molecule has 176 valence electrons. The molecule has 10 heteroatoms. The van der Waals surface area contributed by atoms with Crippen LogP contribution in [0.2, 0.25) is 0 Å². The fourth-order valence-electron chi connectivity index (χ4n) is 4.70. The van der Waals surface area contributed by atoms with Gasteiger partial charge < -0.3 is 26.0 Å². The highest BCUT2D eigenvalue weighted by molar-refractivity contribution is 7.21. The van der Waals surface area contributed by atoms with Gasteiger partial charge in [0.25, 0.3) is 0 Å². The fourth-order valence-corrected chi connectivity index (χ4v) is 5.73. The number of hydrogen-bond donors (Lipinski definition) is 5. The third kappa shape index (κ3) is 4.16. The van der Waals surface area contributed by atoms with Gasteiger partial charge in [0, 0.05) is 24.8 Å². The Kier molecular flexibility index (Phi) is 5.72. The lowest BCUT2D eigenvalue weighted by Crippen LogP contribution is -2.48. The molecule has 3 heterocycles. The van der Waals surface area contributed by atoms with Crippen molar-refractivity contribution >= 4 is 33.3 Å². The third-order valence-electron chi connectivity index (χ3n) is 7.01. The normalized spacial score (nSPS) is 28.2. The van der Waals surface area contributed by atoms with E-state index in [1.54, 1.807) is 19.3 Å². The molecule has 0 radical (unpaired) electrons. The second-order valence-corrected chi connectivity index (χ2v) is 10.6. The van der Waals surface area contributed by atoms with Crippen molar-refractivity contribution in [2.45, 2.75) is 63.8 Å². The minimum atomic E-state index is -1.42. The number of hydrogen-bond acceptors (Lipinski definition) is 10. The van der Waals surface area contributed by atoms with E-state index in [2.05, 4.69) is 22.5 Å². The van der Waals surface area contributed by atoms with Crippen LogP contribution in [-0.2, 0) is 0 Å². The van der Waals surface area contributed by atoms with Gasteiger partial charge in [0.05, 0.1) is 34.3 Å². The number of pyridine rings is 1. The molecule has 2 aliphatic rings. The second kappa shape index (κ2) is 8.43. The Morgan fingerprint density at radius 2 is 2.06 bits per heavy atom. The number of nitrogens with one attached hydrogen (secondary N) is 2. The number of rotatable bonds is 7. The molecule has 2 aliphatic carbocycles. The third-order valence-corrected chi connectivity index (χ3v) is 8.07. The number of aliphatic hydroxyl groups is 3. The van der Waals surface area contributed by atoms with E-state index in [1.807, 2.05) is 13.0 Å². The van der Waals surface area contributed by atoms with Gasteiger partial charge in [-0.05, 0) is 52.0 Å². The van der Waals surface area contributed by atoms with Crippen LogP contribution in [-0.4, -0.2) is 65.7 Å². The largest absolute Gasteiger partial charge is 0.396 e. The summed E-state index contributed by atoms with van der Waals surface area (Å²) in [5.74, 6) is 1.30. The fraction of sp³-hybridized carbons (Fsp3) is 0.565. The molecule has 0 aliphatic heterocycles. The number of anilines is 2. The molecule has 0 bridgehead atoms. The van der Waals surface area contributed by atoms with Gasteiger partial charge in [-0.25, -0.2) is 9.97 Å². The number of aryl methyl sites for hydroxylation is 1. The van der Waals surface area contributed by atoms with E-state index in [0.717, 1.165) is 26.5 Å². The molecular formula is C23H30N6O3S. The van der Waals surface area contributed by atoms with E-state index in [0.29, 0.717) is 24.1 Å². The number of nitrogens with zero attached hydrogens (tertiary/aromatic N) is 4. The molecule has 3 aromatic rings. The smallest absolute Gasteiger partial charge is 0.225 e. The molecule has 5 rings (SSSR count). The SMILES string of the molecule is Cc1nc(NC(C)C2CC2)nc(NC2CC(CO)C(O)C2(C)O)c1-c1nc2cnccc2s1. The van der Waals surface area contributed by atoms with E-state index in [-0.39, 0.29) is 12.6 Å². The summed E-state index contributed by atoms with van der Waals surface area (Å²) in [6, 6.07) is 1.70. The average Bonchev–Trinajstić information content (AvgIpc) is 3.50. The van der Waals surface area contributed by atoms with Gasteiger partial charge in [-0.15, -0.1) is 11.3 Å². The number of thiazole rings is 1. The highest BCUT2D eigenvalue weighted by atomic mass is 32.1. The lowest BCUT2D eigenvalue weighted by atomic mass is 9.96. The van der Waals surface area contributed by atoms with E-state index >= 15 is 0 Å². The minimum Gasteiger partial charge on any atom is -0.396 e. The van der Waals surface area contributed by atoms with Crippen molar-refractivity contribution in [2.24, 2.45) is 11.8 Å². The molecule has 2 fully saturated rings. The predicted molar refractivity (Wildman–Crippen MR) is 128 cm³/mol. The Labute approximate surface area is 196 Å². The quantitative estimate of drug-likeness (QED) is 0.353. The zero-order chi connectivity index (χ0) is 23.3. The molecule has 9 nitrogen and oxygen atoms in total. The van der Waals surface area contributed by atoms with Gasteiger partial charge in [-0.1, -0.05) is 0 Å². The summed E-state index contributed by atoms with van der Waals surface area (Å²) < 4.78 is 1.01. The lowest BCUT2D eigenvalue weighted by Gasteiger charge is -2.30. The summed E-state index contributed by atoms with van der Waals surface area (Å²) in [6.45, 7) is 5.47. The number of aliphatic hydroxyl groups excluding tert-OH is 2. The molecule has 33 heavy (non-hydrogen) atoms. The zero-order valence-corrected chi connectivity index (χ0v) is 19.8. The molecule has 5 N–H and O–H groups in total. The van der Waals surface area contributed by atoms with Crippen LogP contribution in [0.5, 0.6) is 0 Å². The van der Waals surface area contributed by atoms with Gasteiger partial charge >= 0.3 is 0 Å². The van der Waals surface area contributed by atoms with Crippen LogP contribution < -0.4 is 10.6 Å². The first-order valence-corrected chi connectivity index (χ1v) is 12.2. The maximum atomic E-state index is 11.0. The van der Waals surface area contributed by atoms with Crippen molar-refractivity contribution in [3.8, 4) is 10.6 Å². The Hall–Kier alpha value is -2.40. The number of aromatic nitrogens is 4. The number of fused-ring (bicyclic) bond motifs is 1. The van der Waals surface area contributed by atoms with Crippen LogP contribution in [0.1, 0.15) is 38.8 Å². The average molecular weight is 471 g/mol. The van der Waals surface area contributed by atoms with E-state index in [4.69, 9.17) is 15.0 Å². The first-order valence-electron chi connectivity index (χ1n) is 11.4. The van der Waals surface area contributed by atoms with Crippen LogP contribution in [0.25, 0.3) is 20.8 Å². The van der Waals surface area contributed by atoms with Gasteiger partial charge in [0.2, 0.25) is 5.95 Å². The summed E-state index contributed by atoms with van der Waals surface area (Å²) >= 11 is 1.53. The van der Waals surface area contributed by atoms with E-state index in [1.165, 1.54) is 24.2 Å². The summed E-state index contributed by atoms with van der Waals surface area (Å²) in [6.07, 6.45) is 5.27. The van der Waals surface area contributed by atoms with Crippen molar-refractivity contribution in [1.29, 1.82) is 0 Å². The first-order chi connectivity index (χ1) is 15.8. The first kappa shape index (κ1) is 22.4. The Bertz CT molecular complexity index is 1130. The molecule has 5 unspecified atom stereocenters. The Morgan fingerprint density at radius 1 is 1.27 bits per heavy atom. The molecule has 0 saturated heterocycles. The Balaban J connectivity index is 1.56. The van der Waals surface area contributed by atoms with Gasteiger partial charge in [0.15, 0.2) is 0 Å². The summed E-state index contributed by atoms with van der Waals surface area (Å²) in [5, 5.41) is 38.8. The van der Waals surface area contributed by atoms with Gasteiger partial charge in [0.1, 0.15) is 21.9 Å². The maximum absolute atomic E-state index is 11.0. The molecule has 5 atom stereocenters. The molecule has 3 aromatic heterocycles. The van der Waals surface area contributed by atoms with Gasteiger partial charge in [-0.3, -0.25) is 4.98 Å². The van der Waals surface area contributed by atoms with Crippen molar-refractivity contribution in [3.05, 3.63) is 24.2 Å².